The first-order valence-electron chi connectivity index (χ1n) is 5.47. The predicted molar refractivity (Wildman–Crippen MR) is 80.9 cm³/mol. The fourth-order valence-electron chi connectivity index (χ4n) is 1.62. The van der Waals surface area contributed by atoms with Crippen molar-refractivity contribution in [1.82, 2.24) is 0 Å². The Morgan fingerprint density at radius 1 is 1.20 bits per heavy atom. The molecule has 0 saturated heterocycles. The molecule has 0 unspecified atom stereocenters. The van der Waals surface area contributed by atoms with Gasteiger partial charge in [-0.3, -0.25) is 4.79 Å². The van der Waals surface area contributed by atoms with Gasteiger partial charge in [0.25, 0.3) is 5.91 Å². The molecule has 3 nitrogen and oxygen atoms in total. The van der Waals surface area contributed by atoms with Crippen LogP contribution in [0, 0.1) is 17.1 Å². The van der Waals surface area contributed by atoms with Crippen molar-refractivity contribution in [2.45, 2.75) is 0 Å². The zero-order valence-corrected chi connectivity index (χ0v) is 13.1. The van der Waals surface area contributed by atoms with E-state index >= 15 is 0 Å². The van der Waals surface area contributed by atoms with Gasteiger partial charge in [0.05, 0.1) is 5.69 Å². The first kappa shape index (κ1) is 14.7. The smallest absolute Gasteiger partial charge is 0.255 e. The largest absolute Gasteiger partial charge is 0.321 e. The van der Waals surface area contributed by atoms with E-state index in [1.807, 2.05) is 0 Å². The lowest BCUT2D eigenvalue weighted by atomic mass is 10.1. The fourth-order valence-corrected chi connectivity index (χ4v) is 2.92. The Labute approximate surface area is 131 Å². The van der Waals surface area contributed by atoms with Crippen LogP contribution in [0.3, 0.4) is 0 Å². The number of amides is 1. The van der Waals surface area contributed by atoms with Gasteiger partial charge in [-0.15, -0.1) is 0 Å². The summed E-state index contributed by atoms with van der Waals surface area (Å²) >= 11 is 6.57. The molecule has 0 fully saturated rings. The van der Waals surface area contributed by atoms with E-state index in [1.165, 1.54) is 18.2 Å². The van der Waals surface area contributed by atoms with Crippen LogP contribution in [0.4, 0.5) is 10.1 Å². The molecule has 20 heavy (non-hydrogen) atoms. The summed E-state index contributed by atoms with van der Waals surface area (Å²) in [5.41, 5.74) is 0.350. The molecular formula is C14H7Br2FN2O. The number of anilines is 1. The number of halogens is 3. The highest BCUT2D eigenvalue weighted by Crippen LogP contribution is 2.22. The summed E-state index contributed by atoms with van der Waals surface area (Å²) in [6.45, 7) is 0. The maximum Gasteiger partial charge on any atom is 0.255 e. The molecule has 0 spiro atoms. The molecule has 0 aliphatic carbocycles. The second-order valence-corrected chi connectivity index (χ2v) is 5.72. The van der Waals surface area contributed by atoms with Crippen LogP contribution in [0.15, 0.2) is 45.3 Å². The topological polar surface area (TPSA) is 52.9 Å². The first-order valence-corrected chi connectivity index (χ1v) is 7.06. The van der Waals surface area contributed by atoms with Crippen LogP contribution in [0.2, 0.25) is 0 Å². The van der Waals surface area contributed by atoms with Crippen molar-refractivity contribution in [2.24, 2.45) is 0 Å². The minimum Gasteiger partial charge on any atom is -0.321 e. The fraction of sp³-hybridized carbons (Fsp3) is 0. The van der Waals surface area contributed by atoms with Gasteiger partial charge in [-0.25, -0.2) is 4.39 Å². The number of nitriles is 1. The molecule has 2 aromatic rings. The van der Waals surface area contributed by atoms with Gasteiger partial charge in [-0.2, -0.15) is 5.26 Å². The van der Waals surface area contributed by atoms with Gasteiger partial charge in [0.2, 0.25) is 0 Å². The van der Waals surface area contributed by atoms with Gasteiger partial charge >= 0.3 is 0 Å². The van der Waals surface area contributed by atoms with Crippen molar-refractivity contribution in [3.63, 3.8) is 0 Å². The van der Waals surface area contributed by atoms with Crippen LogP contribution in [0.5, 0.6) is 0 Å². The maximum absolute atomic E-state index is 13.4. The summed E-state index contributed by atoms with van der Waals surface area (Å²) in [6, 6.07) is 10.9. The molecule has 0 aliphatic rings. The highest BCUT2D eigenvalue weighted by Gasteiger charge is 2.13. The molecule has 6 heteroatoms. The quantitative estimate of drug-likeness (QED) is 0.812. The van der Waals surface area contributed by atoms with Gasteiger partial charge in [-0.1, -0.05) is 37.9 Å². The van der Waals surface area contributed by atoms with E-state index in [1.54, 1.807) is 24.3 Å². The van der Waals surface area contributed by atoms with Crippen molar-refractivity contribution < 1.29 is 9.18 Å². The number of nitrogens with one attached hydrogen (secondary N) is 1. The standard InChI is InChI=1S/C14H7Br2FN2O/c15-9-4-8(5-10(16)6-9)14(20)19-13-3-1-2-12(17)11(13)7-18/h1-6H,(H,19,20). The Morgan fingerprint density at radius 3 is 2.45 bits per heavy atom. The maximum atomic E-state index is 13.4. The number of hydrogen-bond acceptors (Lipinski definition) is 2. The molecule has 0 saturated carbocycles. The average Bonchev–Trinajstić information content (AvgIpc) is 2.37. The molecular weight excluding hydrogens is 391 g/mol. The number of carbonyl (C=O) groups is 1. The molecule has 0 radical (unpaired) electrons. The second kappa shape index (κ2) is 6.16. The first-order chi connectivity index (χ1) is 9.51. The van der Waals surface area contributed by atoms with E-state index in [4.69, 9.17) is 5.26 Å². The number of carbonyl (C=O) groups excluding carboxylic acids is 1. The highest BCUT2D eigenvalue weighted by atomic mass is 79.9. The molecule has 0 aliphatic heterocycles. The van der Waals surface area contributed by atoms with Gasteiger partial charge in [0, 0.05) is 14.5 Å². The molecule has 2 rings (SSSR count). The summed E-state index contributed by atoms with van der Waals surface area (Å²) in [5.74, 6) is -1.09. The van der Waals surface area contributed by atoms with Crippen molar-refractivity contribution in [3.8, 4) is 6.07 Å². The highest BCUT2D eigenvalue weighted by molar-refractivity contribution is 9.11. The van der Waals surface area contributed by atoms with E-state index in [-0.39, 0.29) is 11.3 Å². The van der Waals surface area contributed by atoms with Crippen LogP contribution in [0.1, 0.15) is 15.9 Å². The van der Waals surface area contributed by atoms with Gasteiger partial charge in [0.15, 0.2) is 0 Å². The van der Waals surface area contributed by atoms with Crippen molar-refractivity contribution in [1.29, 1.82) is 5.26 Å². The van der Waals surface area contributed by atoms with Crippen LogP contribution >= 0.6 is 31.9 Å². The van der Waals surface area contributed by atoms with Crippen LogP contribution < -0.4 is 5.32 Å². The minimum atomic E-state index is -0.666. The summed E-state index contributed by atoms with van der Waals surface area (Å²) < 4.78 is 14.9. The molecule has 0 atom stereocenters. The van der Waals surface area contributed by atoms with Crippen molar-refractivity contribution >= 4 is 43.5 Å². The average molecular weight is 398 g/mol. The summed E-state index contributed by atoms with van der Waals surface area (Å²) in [6.07, 6.45) is 0. The lowest BCUT2D eigenvalue weighted by molar-refractivity contribution is 0.102. The number of rotatable bonds is 2. The third-order valence-electron chi connectivity index (χ3n) is 2.50. The monoisotopic (exact) mass is 396 g/mol. The molecule has 100 valence electrons. The van der Waals surface area contributed by atoms with E-state index in [2.05, 4.69) is 37.2 Å². The lowest BCUT2D eigenvalue weighted by Gasteiger charge is -2.08. The van der Waals surface area contributed by atoms with E-state index in [0.29, 0.717) is 5.56 Å². The zero-order valence-electron chi connectivity index (χ0n) is 9.95. The molecule has 0 heterocycles. The van der Waals surface area contributed by atoms with Gasteiger partial charge in [-0.05, 0) is 30.3 Å². The van der Waals surface area contributed by atoms with E-state index in [9.17, 15) is 9.18 Å². The summed E-state index contributed by atoms with van der Waals surface area (Å²) in [4.78, 5) is 12.1. The Balaban J connectivity index is 2.33. The molecule has 0 aromatic heterocycles. The molecule has 1 amide bonds. The lowest BCUT2D eigenvalue weighted by Crippen LogP contribution is -2.13. The van der Waals surface area contributed by atoms with Crippen molar-refractivity contribution in [2.75, 3.05) is 5.32 Å². The normalized spacial score (nSPS) is 9.90. The number of benzene rings is 2. The van der Waals surface area contributed by atoms with E-state index < -0.39 is 11.7 Å². The minimum absolute atomic E-state index is 0.147. The van der Waals surface area contributed by atoms with E-state index in [0.717, 1.165) is 8.95 Å². The Hall–Kier alpha value is -1.71. The number of nitrogens with zero attached hydrogens (tertiary/aromatic N) is 1. The molecule has 0 bridgehead atoms. The van der Waals surface area contributed by atoms with Crippen LogP contribution in [-0.2, 0) is 0 Å². The Kier molecular flexibility index (Phi) is 4.53. The van der Waals surface area contributed by atoms with Gasteiger partial charge < -0.3 is 5.32 Å². The third kappa shape index (κ3) is 3.24. The Bertz CT molecular complexity index is 705. The predicted octanol–water partition coefficient (Wildman–Crippen LogP) is 4.47. The molecule has 2 aromatic carbocycles. The van der Waals surface area contributed by atoms with Crippen LogP contribution in [0.25, 0.3) is 0 Å². The zero-order chi connectivity index (χ0) is 14.7. The van der Waals surface area contributed by atoms with Crippen LogP contribution in [-0.4, -0.2) is 5.91 Å². The number of hydrogen-bond donors (Lipinski definition) is 1. The SMILES string of the molecule is N#Cc1c(F)cccc1NC(=O)c1cc(Br)cc(Br)c1. The Morgan fingerprint density at radius 2 is 1.85 bits per heavy atom. The summed E-state index contributed by atoms with van der Waals surface area (Å²) in [7, 11) is 0. The second-order valence-electron chi connectivity index (χ2n) is 3.89. The van der Waals surface area contributed by atoms with Gasteiger partial charge in [0.1, 0.15) is 17.4 Å². The van der Waals surface area contributed by atoms with Crippen molar-refractivity contribution in [3.05, 3.63) is 62.3 Å². The summed E-state index contributed by atoms with van der Waals surface area (Å²) in [5, 5.41) is 11.4. The third-order valence-corrected chi connectivity index (χ3v) is 3.41. The molecule has 1 N–H and O–H groups in total.